The third-order valence-electron chi connectivity index (χ3n) is 5.73. The van der Waals surface area contributed by atoms with E-state index in [9.17, 15) is 9.90 Å². The van der Waals surface area contributed by atoms with Crippen LogP contribution in [0.2, 0.25) is 0 Å². The van der Waals surface area contributed by atoms with E-state index in [1.807, 2.05) is 19.9 Å². The fraction of sp³-hybridized carbons (Fsp3) is 0.429. The number of nitrogens with zero attached hydrogens (tertiary/aromatic N) is 2. The Labute approximate surface area is 158 Å². The Balaban J connectivity index is 1.66. The highest BCUT2D eigenvalue weighted by molar-refractivity contribution is 5.98. The lowest BCUT2D eigenvalue weighted by Crippen LogP contribution is -2.34. The quantitative estimate of drug-likeness (QED) is 0.616. The summed E-state index contributed by atoms with van der Waals surface area (Å²) >= 11 is 0. The van der Waals surface area contributed by atoms with Crippen LogP contribution in [0.1, 0.15) is 41.4 Å². The molecule has 6 heteroatoms. The van der Waals surface area contributed by atoms with Crippen molar-refractivity contribution in [2.24, 2.45) is 5.92 Å². The molecule has 1 fully saturated rings. The van der Waals surface area contributed by atoms with E-state index in [0.29, 0.717) is 5.92 Å². The first-order valence-electron chi connectivity index (χ1n) is 9.54. The highest BCUT2D eigenvalue weighted by atomic mass is 16.3. The van der Waals surface area contributed by atoms with Crippen molar-refractivity contribution in [1.82, 2.24) is 15.0 Å². The molecule has 27 heavy (non-hydrogen) atoms. The van der Waals surface area contributed by atoms with Gasteiger partial charge in [-0.05, 0) is 63.3 Å². The van der Waals surface area contributed by atoms with Crippen molar-refractivity contribution in [2.75, 3.05) is 24.6 Å². The van der Waals surface area contributed by atoms with Crippen molar-refractivity contribution in [2.45, 2.75) is 33.6 Å². The van der Waals surface area contributed by atoms with Crippen molar-refractivity contribution >= 4 is 22.5 Å². The third kappa shape index (κ3) is 3.14. The molecule has 0 aliphatic carbocycles. The molecule has 1 aromatic carbocycles. The van der Waals surface area contributed by atoms with E-state index in [4.69, 9.17) is 4.98 Å². The number of H-pyrrole nitrogens is 2. The molecule has 3 heterocycles. The van der Waals surface area contributed by atoms with E-state index in [-0.39, 0.29) is 12.4 Å². The molecule has 0 saturated carbocycles. The number of ketones is 1. The molecule has 0 radical (unpaired) electrons. The van der Waals surface area contributed by atoms with Crippen molar-refractivity contribution < 1.29 is 9.90 Å². The fourth-order valence-electron chi connectivity index (χ4n) is 4.20. The topological polar surface area (TPSA) is 85.0 Å². The summed E-state index contributed by atoms with van der Waals surface area (Å²) in [7, 11) is 0. The van der Waals surface area contributed by atoms with Crippen LogP contribution in [0, 0.1) is 19.8 Å². The van der Waals surface area contributed by atoms with Crippen LogP contribution in [0.5, 0.6) is 0 Å². The second kappa shape index (κ2) is 6.85. The molecule has 0 amide bonds. The van der Waals surface area contributed by atoms with E-state index < -0.39 is 0 Å². The normalized spacial score (nSPS) is 15.6. The van der Waals surface area contributed by atoms with Crippen LogP contribution in [0.25, 0.3) is 22.6 Å². The summed E-state index contributed by atoms with van der Waals surface area (Å²) in [6.45, 7) is 7.69. The van der Waals surface area contributed by atoms with Gasteiger partial charge < -0.3 is 20.0 Å². The first-order chi connectivity index (χ1) is 13.0. The zero-order valence-corrected chi connectivity index (χ0v) is 16.1. The minimum absolute atomic E-state index is 0.0668. The van der Waals surface area contributed by atoms with Gasteiger partial charge in [-0.25, -0.2) is 4.98 Å². The molecule has 0 spiro atoms. The van der Waals surface area contributed by atoms with Gasteiger partial charge in [0.05, 0.1) is 16.7 Å². The highest BCUT2D eigenvalue weighted by Crippen LogP contribution is 2.30. The van der Waals surface area contributed by atoms with Crippen LogP contribution < -0.4 is 4.90 Å². The van der Waals surface area contributed by atoms with Gasteiger partial charge in [0.15, 0.2) is 11.6 Å². The number of hydrogen-bond donors (Lipinski definition) is 3. The van der Waals surface area contributed by atoms with Crippen LogP contribution in [0.4, 0.5) is 5.69 Å². The minimum atomic E-state index is 0.0668. The molecule has 1 saturated heterocycles. The zero-order chi connectivity index (χ0) is 19.1. The molecule has 4 rings (SSSR count). The molecule has 6 nitrogen and oxygen atoms in total. The average Bonchev–Trinajstić information content (AvgIpc) is 3.21. The van der Waals surface area contributed by atoms with Crippen molar-refractivity contribution in [3.63, 3.8) is 0 Å². The van der Waals surface area contributed by atoms with Crippen molar-refractivity contribution in [3.05, 3.63) is 35.0 Å². The summed E-state index contributed by atoms with van der Waals surface area (Å²) in [6.07, 6.45) is 2.05. The van der Waals surface area contributed by atoms with Crippen molar-refractivity contribution in [1.29, 1.82) is 0 Å². The molecule has 1 aliphatic heterocycles. The summed E-state index contributed by atoms with van der Waals surface area (Å²) in [6, 6.07) is 6.29. The number of anilines is 1. The van der Waals surface area contributed by atoms with Gasteiger partial charge in [-0.1, -0.05) is 0 Å². The summed E-state index contributed by atoms with van der Waals surface area (Å²) in [5.41, 5.74) is 6.51. The summed E-state index contributed by atoms with van der Waals surface area (Å²) in [5, 5.41) is 9.32. The molecule has 0 atom stereocenters. The summed E-state index contributed by atoms with van der Waals surface area (Å²) in [4.78, 5) is 25.7. The number of aliphatic hydroxyl groups excluding tert-OH is 1. The fourth-order valence-corrected chi connectivity index (χ4v) is 4.20. The van der Waals surface area contributed by atoms with E-state index in [1.165, 1.54) is 5.69 Å². The van der Waals surface area contributed by atoms with E-state index in [2.05, 4.69) is 27.0 Å². The lowest BCUT2D eigenvalue weighted by atomic mass is 9.97. The number of hydrogen-bond acceptors (Lipinski definition) is 4. The van der Waals surface area contributed by atoms with E-state index in [1.54, 1.807) is 6.92 Å². The monoisotopic (exact) mass is 366 g/mol. The third-order valence-corrected chi connectivity index (χ3v) is 5.73. The van der Waals surface area contributed by atoms with Gasteiger partial charge in [-0.15, -0.1) is 0 Å². The zero-order valence-electron chi connectivity index (χ0n) is 16.1. The smallest absolute Gasteiger partial charge is 0.161 e. The first-order valence-corrected chi connectivity index (χ1v) is 9.54. The molecule has 3 aromatic rings. The number of aromatic nitrogens is 3. The lowest BCUT2D eigenvalue weighted by molar-refractivity contribution is 0.101. The van der Waals surface area contributed by atoms with Gasteiger partial charge in [0.2, 0.25) is 0 Å². The van der Waals surface area contributed by atoms with Crippen LogP contribution in [0.15, 0.2) is 18.2 Å². The maximum atomic E-state index is 11.9. The van der Waals surface area contributed by atoms with Gasteiger partial charge >= 0.3 is 0 Å². The SMILES string of the molecule is CC(=O)c1c(C)[nH]c(-c2nc3ccc(N4CCC(CO)CC4)cc3[nH]2)c1C. The Hall–Kier alpha value is -2.60. The number of fused-ring (bicyclic) bond motifs is 1. The number of nitrogens with one attached hydrogen (secondary N) is 2. The Bertz CT molecular complexity index is 993. The molecule has 2 aromatic heterocycles. The maximum Gasteiger partial charge on any atom is 0.161 e. The molecule has 1 aliphatic rings. The number of imidazole rings is 1. The van der Waals surface area contributed by atoms with Gasteiger partial charge in [0, 0.05) is 36.6 Å². The molecule has 0 unspecified atom stereocenters. The Morgan fingerprint density at radius 2 is 2.00 bits per heavy atom. The Morgan fingerprint density at radius 1 is 1.26 bits per heavy atom. The van der Waals surface area contributed by atoms with Crippen molar-refractivity contribution in [3.8, 4) is 11.5 Å². The minimum Gasteiger partial charge on any atom is -0.396 e. The number of rotatable bonds is 4. The molecule has 3 N–H and O–H groups in total. The van der Waals surface area contributed by atoms with E-state index >= 15 is 0 Å². The van der Waals surface area contributed by atoms with Crippen LogP contribution in [-0.4, -0.2) is 45.5 Å². The number of Topliss-reactive ketones (excluding diaryl/α,β-unsaturated/α-hetero) is 1. The van der Waals surface area contributed by atoms with Gasteiger partial charge in [-0.3, -0.25) is 4.79 Å². The van der Waals surface area contributed by atoms with Gasteiger partial charge in [0.25, 0.3) is 0 Å². The molecular weight excluding hydrogens is 340 g/mol. The van der Waals surface area contributed by atoms with Gasteiger partial charge in [0.1, 0.15) is 0 Å². The number of aryl methyl sites for hydroxylation is 1. The van der Waals surface area contributed by atoms with Gasteiger partial charge in [-0.2, -0.15) is 0 Å². The predicted octanol–water partition coefficient (Wildman–Crippen LogP) is 3.59. The standard InChI is InChI=1S/C21H26N4O2/c1-12-19(14(3)27)13(2)22-20(12)21-23-17-5-4-16(10-18(17)24-21)25-8-6-15(11-26)7-9-25/h4-5,10,15,22,26H,6-9,11H2,1-3H3,(H,23,24). The van der Waals surface area contributed by atoms with E-state index in [0.717, 1.165) is 65.3 Å². The second-order valence-corrected chi connectivity index (χ2v) is 7.58. The number of carbonyl (C=O) groups is 1. The van der Waals surface area contributed by atoms with Crippen LogP contribution >= 0.6 is 0 Å². The molecule has 0 bridgehead atoms. The lowest BCUT2D eigenvalue weighted by Gasteiger charge is -2.32. The number of aliphatic hydroxyl groups is 1. The number of aromatic amines is 2. The molecule has 142 valence electrons. The Kier molecular flexibility index (Phi) is 4.52. The number of benzene rings is 1. The summed E-state index contributed by atoms with van der Waals surface area (Å²) in [5.74, 6) is 1.25. The Morgan fingerprint density at radius 3 is 2.63 bits per heavy atom. The largest absolute Gasteiger partial charge is 0.396 e. The first kappa shape index (κ1) is 17.8. The van der Waals surface area contributed by atoms with Crippen LogP contribution in [-0.2, 0) is 0 Å². The predicted molar refractivity (Wildman–Crippen MR) is 107 cm³/mol. The number of carbonyl (C=O) groups excluding carboxylic acids is 1. The molecular formula is C21H26N4O2. The second-order valence-electron chi connectivity index (χ2n) is 7.58. The van der Waals surface area contributed by atoms with Crippen LogP contribution in [0.3, 0.4) is 0 Å². The summed E-state index contributed by atoms with van der Waals surface area (Å²) < 4.78 is 0. The number of piperidine rings is 1. The highest BCUT2D eigenvalue weighted by Gasteiger charge is 2.21. The maximum absolute atomic E-state index is 11.9. The average molecular weight is 366 g/mol.